The molecule has 0 saturated carbocycles. The number of ether oxygens (including phenoxy) is 1. The van der Waals surface area contributed by atoms with Crippen LogP contribution >= 0.6 is 0 Å². The molecule has 0 aromatic carbocycles. The van der Waals surface area contributed by atoms with E-state index >= 15 is 0 Å². The van der Waals surface area contributed by atoms with Crippen LogP contribution in [-0.2, 0) is 4.74 Å². The Morgan fingerprint density at radius 3 is 2.93 bits per heavy atom. The summed E-state index contributed by atoms with van der Waals surface area (Å²) in [6, 6.07) is 0. The molecule has 0 aliphatic carbocycles. The van der Waals surface area contributed by atoms with E-state index in [0.717, 1.165) is 12.8 Å². The van der Waals surface area contributed by atoms with E-state index in [2.05, 4.69) is 16.9 Å². The average molecular weight is 213 g/mol. The Morgan fingerprint density at radius 1 is 1.60 bits per heavy atom. The maximum Gasteiger partial charge on any atom is 0.188 e. The molecule has 0 spiro atoms. The number of nitrogens with zero attached hydrogens (tertiary/aromatic N) is 1. The Kier molecular flexibility index (Phi) is 5.14. The minimum Gasteiger partial charge on any atom is -0.394 e. The third kappa shape index (κ3) is 4.31. The van der Waals surface area contributed by atoms with Crippen molar-refractivity contribution in [1.29, 1.82) is 0 Å². The molecule has 4 N–H and O–H groups in total. The quantitative estimate of drug-likeness (QED) is 0.330. The Hall–Kier alpha value is -1.07. The molecule has 2 atom stereocenters. The second-order valence-electron chi connectivity index (χ2n) is 3.54. The van der Waals surface area contributed by atoms with E-state index in [-0.39, 0.29) is 18.8 Å². The zero-order valence-electron chi connectivity index (χ0n) is 8.85. The predicted molar refractivity (Wildman–Crippen MR) is 59.7 cm³/mol. The molecular weight excluding hydrogens is 194 g/mol. The van der Waals surface area contributed by atoms with Gasteiger partial charge in [-0.1, -0.05) is 6.08 Å². The molecule has 0 aromatic rings. The second-order valence-corrected chi connectivity index (χ2v) is 3.54. The van der Waals surface area contributed by atoms with Gasteiger partial charge in [0.2, 0.25) is 0 Å². The highest BCUT2D eigenvalue weighted by molar-refractivity contribution is 5.77. The molecule has 5 heteroatoms. The first kappa shape index (κ1) is 12.0. The van der Waals surface area contributed by atoms with E-state index in [1.54, 1.807) is 6.08 Å². The summed E-state index contributed by atoms with van der Waals surface area (Å²) in [6.45, 7) is 4.81. The smallest absolute Gasteiger partial charge is 0.188 e. The maximum atomic E-state index is 8.87. The van der Waals surface area contributed by atoms with Gasteiger partial charge in [-0.2, -0.15) is 0 Å². The van der Waals surface area contributed by atoms with Gasteiger partial charge in [-0.15, -0.1) is 6.58 Å². The van der Waals surface area contributed by atoms with Crippen LogP contribution in [0.15, 0.2) is 17.6 Å². The van der Waals surface area contributed by atoms with Crippen molar-refractivity contribution in [2.24, 2.45) is 10.7 Å². The lowest BCUT2D eigenvalue weighted by atomic mass is 10.2. The standard InChI is InChI=1S/C10H19N3O2/c1-2-5-12-10(11)13-6-8-3-4-9(7-14)15-8/h2,8-9,14H,1,3-7H2,(H3,11,12,13)/t8-,9+/m1/s1. The molecule has 86 valence electrons. The monoisotopic (exact) mass is 213 g/mol. The summed E-state index contributed by atoms with van der Waals surface area (Å²) < 4.78 is 5.50. The molecule has 1 fully saturated rings. The zero-order chi connectivity index (χ0) is 11.1. The van der Waals surface area contributed by atoms with Crippen molar-refractivity contribution < 1.29 is 9.84 Å². The Bertz CT molecular complexity index is 231. The van der Waals surface area contributed by atoms with Crippen LogP contribution in [-0.4, -0.2) is 43.0 Å². The molecule has 1 heterocycles. The fraction of sp³-hybridized carbons (Fsp3) is 0.700. The van der Waals surface area contributed by atoms with Crippen molar-refractivity contribution >= 4 is 5.96 Å². The van der Waals surface area contributed by atoms with Crippen molar-refractivity contribution in [3.8, 4) is 0 Å². The highest BCUT2D eigenvalue weighted by atomic mass is 16.5. The van der Waals surface area contributed by atoms with E-state index in [1.165, 1.54) is 0 Å². The van der Waals surface area contributed by atoms with Crippen LogP contribution in [0.5, 0.6) is 0 Å². The van der Waals surface area contributed by atoms with Crippen LogP contribution in [0.1, 0.15) is 12.8 Å². The molecule has 15 heavy (non-hydrogen) atoms. The number of aliphatic hydroxyl groups excluding tert-OH is 1. The maximum absolute atomic E-state index is 8.87. The number of rotatable bonds is 5. The summed E-state index contributed by atoms with van der Waals surface area (Å²) in [4.78, 5) is 4.14. The minimum absolute atomic E-state index is 0.0208. The van der Waals surface area contributed by atoms with Gasteiger partial charge in [0.25, 0.3) is 0 Å². The van der Waals surface area contributed by atoms with Gasteiger partial charge in [0.1, 0.15) is 0 Å². The van der Waals surface area contributed by atoms with Crippen molar-refractivity contribution in [2.75, 3.05) is 19.7 Å². The van der Waals surface area contributed by atoms with Gasteiger partial charge in [0.15, 0.2) is 5.96 Å². The molecule has 0 radical (unpaired) electrons. The van der Waals surface area contributed by atoms with Crippen LogP contribution in [0.25, 0.3) is 0 Å². The largest absolute Gasteiger partial charge is 0.394 e. The molecule has 5 nitrogen and oxygen atoms in total. The van der Waals surface area contributed by atoms with Crippen molar-refractivity contribution in [2.45, 2.75) is 25.0 Å². The molecule has 0 aromatic heterocycles. The fourth-order valence-electron chi connectivity index (χ4n) is 1.48. The van der Waals surface area contributed by atoms with Gasteiger partial charge < -0.3 is 20.9 Å². The highest BCUT2D eigenvalue weighted by Crippen LogP contribution is 2.19. The van der Waals surface area contributed by atoms with Crippen LogP contribution in [0.3, 0.4) is 0 Å². The Balaban J connectivity index is 2.21. The third-order valence-electron chi connectivity index (χ3n) is 2.29. The molecule has 0 unspecified atom stereocenters. The summed E-state index contributed by atoms with van der Waals surface area (Å²) in [5.41, 5.74) is 5.59. The van der Waals surface area contributed by atoms with E-state index in [0.29, 0.717) is 19.0 Å². The zero-order valence-corrected chi connectivity index (χ0v) is 8.85. The summed E-state index contributed by atoms with van der Waals surface area (Å²) in [5, 5.41) is 11.8. The number of aliphatic imine (C=N–C) groups is 1. The Morgan fingerprint density at radius 2 is 2.33 bits per heavy atom. The first-order valence-electron chi connectivity index (χ1n) is 5.17. The number of nitrogens with two attached hydrogens (primary N) is 1. The summed E-state index contributed by atoms with van der Waals surface area (Å²) >= 11 is 0. The highest BCUT2D eigenvalue weighted by Gasteiger charge is 2.23. The number of guanidine groups is 1. The predicted octanol–water partition coefficient (Wildman–Crippen LogP) is -0.383. The van der Waals surface area contributed by atoms with Gasteiger partial charge in [0, 0.05) is 6.54 Å². The van der Waals surface area contributed by atoms with E-state index < -0.39 is 0 Å². The number of nitrogens with one attached hydrogen (secondary N) is 1. The molecule has 1 rings (SSSR count). The first-order valence-corrected chi connectivity index (χ1v) is 5.17. The second kappa shape index (κ2) is 6.42. The fourth-order valence-corrected chi connectivity index (χ4v) is 1.48. The summed E-state index contributed by atoms with van der Waals surface area (Å²) in [6.07, 6.45) is 3.62. The molecular formula is C10H19N3O2. The number of aliphatic hydroxyl groups is 1. The van der Waals surface area contributed by atoms with Crippen molar-refractivity contribution in [3.05, 3.63) is 12.7 Å². The number of hydrogen-bond donors (Lipinski definition) is 3. The van der Waals surface area contributed by atoms with Crippen LogP contribution < -0.4 is 11.1 Å². The lowest BCUT2D eigenvalue weighted by molar-refractivity contribution is 0.0160. The molecule has 1 aliphatic rings. The SMILES string of the molecule is C=CCNC(N)=NC[C@H]1CC[C@@H](CO)O1. The van der Waals surface area contributed by atoms with E-state index in [9.17, 15) is 0 Å². The van der Waals surface area contributed by atoms with Gasteiger partial charge in [-0.25, -0.2) is 0 Å². The van der Waals surface area contributed by atoms with E-state index in [1.807, 2.05) is 0 Å². The third-order valence-corrected chi connectivity index (χ3v) is 2.29. The molecule has 1 saturated heterocycles. The van der Waals surface area contributed by atoms with Gasteiger partial charge >= 0.3 is 0 Å². The summed E-state index contributed by atoms with van der Waals surface area (Å²) in [5.74, 6) is 0.408. The Labute approximate surface area is 90.0 Å². The van der Waals surface area contributed by atoms with Crippen molar-refractivity contribution in [1.82, 2.24) is 5.32 Å². The van der Waals surface area contributed by atoms with Gasteiger partial charge in [-0.05, 0) is 12.8 Å². The molecule has 0 amide bonds. The normalized spacial score (nSPS) is 26.6. The lowest BCUT2D eigenvalue weighted by Crippen LogP contribution is -2.32. The van der Waals surface area contributed by atoms with Crippen LogP contribution in [0.2, 0.25) is 0 Å². The average Bonchev–Trinajstić information content (AvgIpc) is 2.71. The summed E-state index contributed by atoms with van der Waals surface area (Å²) in [7, 11) is 0. The topological polar surface area (TPSA) is 79.9 Å². The van der Waals surface area contributed by atoms with Gasteiger partial charge in [0.05, 0.1) is 25.4 Å². The van der Waals surface area contributed by atoms with Crippen LogP contribution in [0, 0.1) is 0 Å². The minimum atomic E-state index is -0.0208. The first-order chi connectivity index (χ1) is 7.26. The van der Waals surface area contributed by atoms with Crippen molar-refractivity contribution in [3.63, 3.8) is 0 Å². The molecule has 0 bridgehead atoms. The lowest BCUT2D eigenvalue weighted by Gasteiger charge is -2.10. The van der Waals surface area contributed by atoms with E-state index in [4.69, 9.17) is 15.6 Å². The molecule has 1 aliphatic heterocycles. The van der Waals surface area contributed by atoms with Gasteiger partial charge in [-0.3, -0.25) is 4.99 Å². The number of hydrogen-bond acceptors (Lipinski definition) is 3. The van der Waals surface area contributed by atoms with Crippen LogP contribution in [0.4, 0.5) is 0 Å².